The molecule has 0 aromatic rings. The highest BCUT2D eigenvalue weighted by molar-refractivity contribution is 7.64. The maximum Gasteiger partial charge on any atom is 0.119 e. The highest BCUT2D eigenvalue weighted by Crippen LogP contribution is 2.46. The molecule has 0 saturated heterocycles. The van der Waals surface area contributed by atoms with Crippen molar-refractivity contribution < 1.29 is 14.2 Å². The Labute approximate surface area is 68.5 Å². The molecule has 0 aliphatic heterocycles. The van der Waals surface area contributed by atoms with Crippen LogP contribution in [0.2, 0.25) is 0 Å². The first-order valence-corrected chi connectivity index (χ1v) is 5.80. The average Bonchev–Trinajstić information content (AvgIpc) is 1.88. The lowest BCUT2D eigenvalue weighted by Gasteiger charge is -2.22. The van der Waals surface area contributed by atoms with Crippen LogP contribution in [0, 0.1) is 0 Å². The molecule has 0 saturated carbocycles. The number of hydrogen-bond donors (Lipinski definition) is 1. The Morgan fingerprint density at radius 1 is 1.27 bits per heavy atom. The Morgan fingerprint density at radius 3 is 2.00 bits per heavy atom. The van der Waals surface area contributed by atoms with Crippen molar-refractivity contribution in [1.82, 2.24) is 0 Å². The van der Waals surface area contributed by atoms with Gasteiger partial charge in [-0.1, -0.05) is 6.30 Å². The molecular weight excluding hydrogens is 163 g/mol. The van der Waals surface area contributed by atoms with Crippen molar-refractivity contribution in [2.75, 3.05) is 26.0 Å². The van der Waals surface area contributed by atoms with Gasteiger partial charge >= 0.3 is 0 Å². The summed E-state index contributed by atoms with van der Waals surface area (Å²) in [7, 11) is -1.97. The van der Waals surface area contributed by atoms with Gasteiger partial charge in [0.2, 0.25) is 0 Å². The second-order valence-corrected chi connectivity index (χ2v) is 4.69. The molecule has 0 rings (SSSR count). The van der Waals surface area contributed by atoms with Crippen LogP contribution in [-0.2, 0) is 9.05 Å². The van der Waals surface area contributed by atoms with Crippen molar-refractivity contribution in [2.45, 2.75) is 13.8 Å². The van der Waals surface area contributed by atoms with E-state index in [0.29, 0.717) is 19.4 Å². The van der Waals surface area contributed by atoms with Crippen molar-refractivity contribution in [3.8, 4) is 0 Å². The summed E-state index contributed by atoms with van der Waals surface area (Å²) in [6.45, 7) is 5.07. The molecule has 1 N–H and O–H groups in total. The summed E-state index contributed by atoms with van der Waals surface area (Å²) in [5, 5.41) is 8.68. The zero-order chi connectivity index (χ0) is 8.74. The van der Waals surface area contributed by atoms with Crippen LogP contribution in [0.3, 0.4) is 0 Å². The first-order valence-electron chi connectivity index (χ1n) is 3.81. The van der Waals surface area contributed by atoms with Gasteiger partial charge in [0.25, 0.3) is 0 Å². The molecule has 0 aliphatic rings. The van der Waals surface area contributed by atoms with E-state index in [9.17, 15) is 0 Å². The van der Waals surface area contributed by atoms with Gasteiger partial charge in [0.05, 0.1) is 19.8 Å². The minimum atomic E-state index is -1.97. The van der Waals surface area contributed by atoms with Crippen LogP contribution in [0.5, 0.6) is 0 Å². The molecule has 11 heavy (non-hydrogen) atoms. The topological polar surface area (TPSA) is 38.7 Å². The number of aliphatic hydroxyl groups excluding tert-OH is 1. The van der Waals surface area contributed by atoms with E-state index in [1.54, 1.807) is 0 Å². The quantitative estimate of drug-likeness (QED) is 0.627. The molecule has 0 fully saturated rings. The van der Waals surface area contributed by atoms with E-state index in [1.807, 2.05) is 13.8 Å². The number of hydrogen-bond acceptors (Lipinski definition) is 3. The minimum absolute atomic E-state index is 0.0806. The summed E-state index contributed by atoms with van der Waals surface area (Å²) in [5.41, 5.74) is 0. The largest absolute Gasteiger partial charge is 0.396 e. The lowest BCUT2D eigenvalue weighted by molar-refractivity contribution is 0.251. The third-order valence-electron chi connectivity index (χ3n) is 1.17. The first kappa shape index (κ1) is 11.2. The molecule has 0 heterocycles. The van der Waals surface area contributed by atoms with Gasteiger partial charge in [-0.3, -0.25) is 0 Å². The molecule has 68 valence electrons. The van der Waals surface area contributed by atoms with Crippen molar-refractivity contribution in [3.63, 3.8) is 0 Å². The summed E-state index contributed by atoms with van der Waals surface area (Å²) in [6.07, 6.45) is 4.37. The summed E-state index contributed by atoms with van der Waals surface area (Å²) in [4.78, 5) is 0. The van der Waals surface area contributed by atoms with Crippen molar-refractivity contribution in [1.29, 1.82) is 0 Å². The molecule has 0 aliphatic carbocycles. The monoisotopic (exact) mass is 180 g/mol. The van der Waals surface area contributed by atoms with Crippen LogP contribution in [0.25, 0.3) is 0 Å². The zero-order valence-electron chi connectivity index (χ0n) is 7.25. The van der Waals surface area contributed by atoms with E-state index in [-0.39, 0.29) is 6.61 Å². The molecule has 3 nitrogen and oxygen atoms in total. The highest BCUT2D eigenvalue weighted by atomic mass is 31.2. The molecule has 0 unspecified atom stereocenters. The van der Waals surface area contributed by atoms with E-state index < -0.39 is 7.34 Å². The van der Waals surface area contributed by atoms with Gasteiger partial charge in [0.1, 0.15) is 7.34 Å². The molecule has 0 aromatic heterocycles. The van der Waals surface area contributed by atoms with E-state index in [4.69, 9.17) is 14.2 Å². The van der Waals surface area contributed by atoms with E-state index in [1.165, 1.54) is 0 Å². The number of rotatable bonds is 6. The molecule has 0 radical (unpaired) electrons. The SMILES string of the molecule is C=P(CCO)(OCC)OCC. The van der Waals surface area contributed by atoms with E-state index >= 15 is 0 Å². The molecule has 0 bridgehead atoms. The van der Waals surface area contributed by atoms with Gasteiger partial charge in [-0.2, -0.15) is 0 Å². The Hall–Kier alpha value is 0.180. The predicted octanol–water partition coefficient (Wildman–Crippen LogP) is 1.33. The lowest BCUT2D eigenvalue weighted by atomic mass is 10.9. The minimum Gasteiger partial charge on any atom is -0.396 e. The van der Waals surface area contributed by atoms with Crippen LogP contribution in [-0.4, -0.2) is 37.4 Å². The van der Waals surface area contributed by atoms with Crippen LogP contribution in [0.1, 0.15) is 13.8 Å². The second-order valence-electron chi connectivity index (χ2n) is 2.10. The number of aliphatic hydroxyl groups is 1. The average molecular weight is 180 g/mol. The third-order valence-corrected chi connectivity index (χ3v) is 3.51. The molecule has 0 amide bonds. The van der Waals surface area contributed by atoms with Gasteiger partial charge in [-0.15, -0.1) is 0 Å². The molecule has 0 atom stereocenters. The van der Waals surface area contributed by atoms with Gasteiger partial charge in [0, 0.05) is 6.16 Å². The smallest absolute Gasteiger partial charge is 0.119 e. The molecule has 4 heteroatoms. The third kappa shape index (κ3) is 4.59. The Morgan fingerprint density at radius 2 is 1.73 bits per heavy atom. The maximum absolute atomic E-state index is 8.68. The van der Waals surface area contributed by atoms with E-state index in [0.717, 1.165) is 0 Å². The fourth-order valence-electron chi connectivity index (χ4n) is 0.789. The van der Waals surface area contributed by atoms with Gasteiger partial charge in [-0.05, 0) is 13.8 Å². The van der Waals surface area contributed by atoms with E-state index in [2.05, 4.69) is 6.30 Å². The van der Waals surface area contributed by atoms with Crippen molar-refractivity contribution in [2.24, 2.45) is 0 Å². The van der Waals surface area contributed by atoms with Gasteiger partial charge < -0.3 is 14.2 Å². The summed E-state index contributed by atoms with van der Waals surface area (Å²) >= 11 is 0. The lowest BCUT2D eigenvalue weighted by Crippen LogP contribution is -2.03. The summed E-state index contributed by atoms with van der Waals surface area (Å²) in [5.74, 6) is 0. The molecular formula is C7H17O3P. The van der Waals surface area contributed by atoms with Crippen LogP contribution in [0.4, 0.5) is 0 Å². The fraction of sp³-hybridized carbons (Fsp3) is 0.857. The summed E-state index contributed by atoms with van der Waals surface area (Å²) in [6, 6.07) is 0. The normalized spacial score (nSPS) is 11.9. The zero-order valence-corrected chi connectivity index (χ0v) is 8.14. The van der Waals surface area contributed by atoms with Crippen LogP contribution in [0.15, 0.2) is 0 Å². The predicted molar refractivity (Wildman–Crippen MR) is 49.2 cm³/mol. The molecule has 0 aromatic carbocycles. The Kier molecular flexibility index (Phi) is 5.88. The Bertz CT molecular complexity index is 112. The van der Waals surface area contributed by atoms with Crippen molar-refractivity contribution in [3.05, 3.63) is 0 Å². The summed E-state index contributed by atoms with van der Waals surface area (Å²) < 4.78 is 10.7. The highest BCUT2D eigenvalue weighted by Gasteiger charge is 2.12. The van der Waals surface area contributed by atoms with Crippen LogP contribution < -0.4 is 0 Å². The fourth-order valence-corrected chi connectivity index (χ4v) is 2.37. The first-order chi connectivity index (χ1) is 5.18. The van der Waals surface area contributed by atoms with Gasteiger partial charge in [0.15, 0.2) is 0 Å². The standard InChI is InChI=1S/C7H17O3P/c1-4-9-11(3,7-6-8)10-5-2/h8H,3-7H2,1-2H3. The van der Waals surface area contributed by atoms with Gasteiger partial charge in [-0.25, -0.2) is 0 Å². The van der Waals surface area contributed by atoms with Crippen LogP contribution >= 0.6 is 7.34 Å². The second kappa shape index (κ2) is 5.78. The van der Waals surface area contributed by atoms with Crippen molar-refractivity contribution >= 4 is 13.6 Å². The Balaban J connectivity index is 3.91. The molecule has 0 spiro atoms. The maximum atomic E-state index is 8.68.